The molecule has 0 saturated heterocycles. The van der Waals surface area contributed by atoms with E-state index in [2.05, 4.69) is 9.73 Å². The number of methoxy groups -OCH3 is 1. The van der Waals surface area contributed by atoms with Crippen LogP contribution in [0.3, 0.4) is 0 Å². The number of ether oxygens (including phenoxy) is 2. The lowest BCUT2D eigenvalue weighted by atomic mass is 10.2. The van der Waals surface area contributed by atoms with Gasteiger partial charge in [0.1, 0.15) is 12.4 Å². The van der Waals surface area contributed by atoms with Gasteiger partial charge >= 0.3 is 12.1 Å². The van der Waals surface area contributed by atoms with Crippen LogP contribution in [0.25, 0.3) is 0 Å². The van der Waals surface area contributed by atoms with Crippen LogP contribution in [0.1, 0.15) is 12.5 Å². The Kier molecular flexibility index (Phi) is 4.34. The molecule has 1 aromatic carbocycles. The quantitative estimate of drug-likeness (QED) is 0.786. The second kappa shape index (κ2) is 6.18. The molecule has 2 rings (SSSR count). The van der Waals surface area contributed by atoms with Crippen LogP contribution in [-0.4, -0.2) is 42.5 Å². The summed E-state index contributed by atoms with van der Waals surface area (Å²) < 4.78 is 9.81. The molecule has 1 heterocycles. The first kappa shape index (κ1) is 14.0. The number of benzene rings is 1. The van der Waals surface area contributed by atoms with Gasteiger partial charge in [-0.3, -0.25) is 9.89 Å². The van der Waals surface area contributed by atoms with Crippen molar-refractivity contribution in [2.45, 2.75) is 19.6 Å². The van der Waals surface area contributed by atoms with Gasteiger partial charge in [-0.15, -0.1) is 0 Å². The third-order valence-electron chi connectivity index (χ3n) is 2.99. The van der Waals surface area contributed by atoms with E-state index in [-0.39, 0.29) is 13.2 Å². The van der Waals surface area contributed by atoms with E-state index < -0.39 is 18.1 Å². The number of hydrogen-bond donors (Lipinski definition) is 0. The number of aliphatic imine (C=N–C) groups is 1. The largest absolute Gasteiger partial charge is 0.467 e. The normalized spacial score (nSPS) is 17.6. The Morgan fingerprint density at radius 1 is 1.35 bits per heavy atom. The Bertz CT molecular complexity index is 527. The Balaban J connectivity index is 1.91. The van der Waals surface area contributed by atoms with Crippen LogP contribution in [0.15, 0.2) is 35.3 Å². The summed E-state index contributed by atoms with van der Waals surface area (Å²) in [6, 6.07) is 8.72. The number of amides is 1. The fraction of sp³-hybridized carbons (Fsp3) is 0.357. The van der Waals surface area contributed by atoms with E-state index in [0.717, 1.165) is 5.56 Å². The summed E-state index contributed by atoms with van der Waals surface area (Å²) in [5.74, 6) is 0.00108. The summed E-state index contributed by atoms with van der Waals surface area (Å²) in [4.78, 5) is 28.8. The van der Waals surface area contributed by atoms with E-state index in [0.29, 0.717) is 5.84 Å². The first-order valence-electron chi connectivity index (χ1n) is 6.22. The lowest BCUT2D eigenvalue weighted by Gasteiger charge is -2.16. The molecule has 1 aliphatic heterocycles. The van der Waals surface area contributed by atoms with Crippen LogP contribution in [0, 0.1) is 0 Å². The molecular formula is C14H16N2O4. The van der Waals surface area contributed by atoms with Gasteiger partial charge in [0.25, 0.3) is 0 Å². The molecule has 20 heavy (non-hydrogen) atoms. The minimum absolute atomic E-state index is 0.159. The Hall–Kier alpha value is -2.37. The monoisotopic (exact) mass is 276 g/mol. The number of hydrogen-bond acceptors (Lipinski definition) is 5. The van der Waals surface area contributed by atoms with E-state index >= 15 is 0 Å². The van der Waals surface area contributed by atoms with E-state index in [4.69, 9.17) is 4.74 Å². The van der Waals surface area contributed by atoms with Crippen molar-refractivity contribution in [3.8, 4) is 0 Å². The van der Waals surface area contributed by atoms with Crippen molar-refractivity contribution in [1.29, 1.82) is 0 Å². The number of amidine groups is 1. The molecule has 6 nitrogen and oxygen atoms in total. The van der Waals surface area contributed by atoms with Crippen molar-refractivity contribution in [3.63, 3.8) is 0 Å². The fourth-order valence-corrected chi connectivity index (χ4v) is 1.91. The van der Waals surface area contributed by atoms with E-state index in [1.54, 1.807) is 6.92 Å². The van der Waals surface area contributed by atoms with E-state index in [9.17, 15) is 9.59 Å². The highest BCUT2D eigenvalue weighted by atomic mass is 16.6. The summed E-state index contributed by atoms with van der Waals surface area (Å²) in [6.07, 6.45) is -0.512. The summed E-state index contributed by atoms with van der Waals surface area (Å²) >= 11 is 0. The summed E-state index contributed by atoms with van der Waals surface area (Å²) in [5, 5.41) is 0. The van der Waals surface area contributed by atoms with Crippen molar-refractivity contribution in [2.24, 2.45) is 4.99 Å². The molecule has 0 aromatic heterocycles. The van der Waals surface area contributed by atoms with Crippen molar-refractivity contribution >= 4 is 17.9 Å². The molecule has 106 valence electrons. The van der Waals surface area contributed by atoms with Gasteiger partial charge in [-0.05, 0) is 12.5 Å². The molecule has 0 spiro atoms. The number of esters is 1. The molecule has 0 aliphatic carbocycles. The molecule has 1 amide bonds. The third-order valence-corrected chi connectivity index (χ3v) is 2.99. The van der Waals surface area contributed by atoms with Crippen molar-refractivity contribution < 1.29 is 19.1 Å². The van der Waals surface area contributed by atoms with Crippen LogP contribution in [-0.2, 0) is 20.9 Å². The fourth-order valence-electron chi connectivity index (χ4n) is 1.91. The van der Waals surface area contributed by atoms with Crippen LogP contribution in [0.5, 0.6) is 0 Å². The van der Waals surface area contributed by atoms with Gasteiger partial charge in [-0.2, -0.15) is 0 Å². The first-order valence-corrected chi connectivity index (χ1v) is 6.22. The second-order valence-electron chi connectivity index (χ2n) is 4.37. The number of rotatable bonds is 3. The minimum atomic E-state index is -0.663. The molecule has 6 heteroatoms. The Morgan fingerprint density at radius 3 is 2.70 bits per heavy atom. The zero-order valence-corrected chi connectivity index (χ0v) is 11.4. The average Bonchev–Trinajstić information content (AvgIpc) is 2.87. The smallest absolute Gasteiger partial charge is 0.415 e. The average molecular weight is 276 g/mol. The molecule has 0 radical (unpaired) electrons. The number of carbonyl (C=O) groups is 2. The van der Waals surface area contributed by atoms with Crippen LogP contribution in [0.2, 0.25) is 0 Å². The maximum Gasteiger partial charge on any atom is 0.415 e. The predicted molar refractivity (Wildman–Crippen MR) is 72.2 cm³/mol. The van der Waals surface area contributed by atoms with Gasteiger partial charge in [0.05, 0.1) is 13.7 Å². The molecule has 0 unspecified atom stereocenters. The molecule has 1 aromatic rings. The zero-order chi connectivity index (χ0) is 14.5. The molecule has 0 N–H and O–H groups in total. The SMILES string of the molecule is COC(=O)[C@@H]1CN(C(=O)OCc2ccccc2)C(C)=N1. The van der Waals surface area contributed by atoms with Crippen LogP contribution >= 0.6 is 0 Å². The van der Waals surface area contributed by atoms with Gasteiger partial charge in [-0.25, -0.2) is 9.59 Å². The van der Waals surface area contributed by atoms with E-state index in [1.807, 2.05) is 30.3 Å². The van der Waals surface area contributed by atoms with E-state index in [1.165, 1.54) is 12.0 Å². The number of nitrogens with zero attached hydrogens (tertiary/aromatic N) is 2. The van der Waals surface area contributed by atoms with Gasteiger partial charge in [-0.1, -0.05) is 30.3 Å². The molecule has 0 fully saturated rings. The summed E-state index contributed by atoms with van der Waals surface area (Å²) in [5.41, 5.74) is 0.902. The molecule has 0 bridgehead atoms. The Morgan fingerprint density at radius 2 is 2.05 bits per heavy atom. The van der Waals surface area contributed by atoms with Crippen LogP contribution in [0.4, 0.5) is 4.79 Å². The van der Waals surface area contributed by atoms with Gasteiger partial charge in [0.15, 0.2) is 6.04 Å². The maximum atomic E-state index is 12.0. The highest BCUT2D eigenvalue weighted by molar-refractivity contribution is 5.98. The van der Waals surface area contributed by atoms with Gasteiger partial charge < -0.3 is 9.47 Å². The topological polar surface area (TPSA) is 68.2 Å². The maximum absolute atomic E-state index is 12.0. The van der Waals surface area contributed by atoms with Crippen LogP contribution < -0.4 is 0 Å². The summed E-state index contributed by atoms with van der Waals surface area (Å²) in [6.45, 7) is 2.01. The molecule has 1 atom stereocenters. The summed E-state index contributed by atoms with van der Waals surface area (Å²) in [7, 11) is 1.30. The first-order chi connectivity index (χ1) is 9.61. The van der Waals surface area contributed by atoms with Crippen molar-refractivity contribution in [1.82, 2.24) is 4.90 Å². The zero-order valence-electron chi connectivity index (χ0n) is 11.4. The van der Waals surface area contributed by atoms with Crippen molar-refractivity contribution in [3.05, 3.63) is 35.9 Å². The highest BCUT2D eigenvalue weighted by Gasteiger charge is 2.33. The molecule has 1 aliphatic rings. The van der Waals surface area contributed by atoms with Crippen molar-refractivity contribution in [2.75, 3.05) is 13.7 Å². The predicted octanol–water partition coefficient (Wildman–Crippen LogP) is 1.60. The molecular weight excluding hydrogens is 260 g/mol. The second-order valence-corrected chi connectivity index (χ2v) is 4.37. The van der Waals surface area contributed by atoms with Gasteiger partial charge in [0, 0.05) is 0 Å². The lowest BCUT2D eigenvalue weighted by molar-refractivity contribution is -0.141. The highest BCUT2D eigenvalue weighted by Crippen LogP contribution is 2.13. The third kappa shape index (κ3) is 3.14. The lowest BCUT2D eigenvalue weighted by Crippen LogP contribution is -2.36. The minimum Gasteiger partial charge on any atom is -0.467 e. The van der Waals surface area contributed by atoms with Gasteiger partial charge in [0.2, 0.25) is 0 Å². The molecule has 0 saturated carbocycles. The number of carbonyl (C=O) groups excluding carboxylic acids is 2. The Labute approximate surface area is 117 Å². The standard InChI is InChI=1S/C14H16N2O4/c1-10-15-12(13(17)19-2)8-16(10)14(18)20-9-11-6-4-3-5-7-11/h3-7,12H,8-9H2,1-2H3/t12-/m0/s1.